The van der Waals surface area contributed by atoms with Gasteiger partial charge in [0.15, 0.2) is 0 Å². The summed E-state index contributed by atoms with van der Waals surface area (Å²) in [7, 11) is 0. The van der Waals surface area contributed by atoms with Crippen molar-refractivity contribution in [3.8, 4) is 5.69 Å². The molecule has 2 aromatic rings. The Hall–Kier alpha value is -2.34. The quantitative estimate of drug-likeness (QED) is 0.869. The van der Waals surface area contributed by atoms with E-state index in [1.807, 2.05) is 32.0 Å². The molecule has 0 bridgehead atoms. The zero-order chi connectivity index (χ0) is 17.9. The molecule has 0 radical (unpaired) electrons. The number of aromatic nitrogens is 2. The predicted molar refractivity (Wildman–Crippen MR) is 91.7 cm³/mol. The maximum absolute atomic E-state index is 12.8. The van der Waals surface area contributed by atoms with Crippen molar-refractivity contribution >= 4 is 23.5 Å². The average Bonchev–Trinajstić information content (AvgIpc) is 2.88. The predicted octanol–water partition coefficient (Wildman–Crippen LogP) is 3.16. The Morgan fingerprint density at radius 1 is 1.33 bits per heavy atom. The summed E-state index contributed by atoms with van der Waals surface area (Å²) < 4.78 is 1.62. The molecule has 6 nitrogen and oxygen atoms in total. The summed E-state index contributed by atoms with van der Waals surface area (Å²) >= 11 is 6.20. The Balaban J connectivity index is 2.33. The first-order chi connectivity index (χ1) is 11.3. The Labute approximate surface area is 145 Å². The second-order valence-electron chi connectivity index (χ2n) is 5.74. The summed E-state index contributed by atoms with van der Waals surface area (Å²) in [6.45, 7) is 5.66. The largest absolute Gasteiger partial charge is 0.481 e. The van der Waals surface area contributed by atoms with E-state index < -0.39 is 5.97 Å². The molecule has 1 aromatic carbocycles. The molecule has 24 heavy (non-hydrogen) atoms. The average molecular weight is 350 g/mol. The second-order valence-corrected chi connectivity index (χ2v) is 6.15. The van der Waals surface area contributed by atoms with Gasteiger partial charge in [-0.3, -0.25) is 9.59 Å². The number of hydrogen-bond donors (Lipinski definition) is 1. The van der Waals surface area contributed by atoms with Gasteiger partial charge in [-0.25, -0.2) is 4.68 Å². The van der Waals surface area contributed by atoms with Crippen LogP contribution in [0, 0.1) is 6.92 Å². The number of carboxylic acids is 1. The summed E-state index contributed by atoms with van der Waals surface area (Å²) in [6, 6.07) is 7.13. The number of carbonyl (C=O) groups is 2. The van der Waals surface area contributed by atoms with E-state index in [-0.39, 0.29) is 24.9 Å². The molecule has 0 aliphatic rings. The van der Waals surface area contributed by atoms with Crippen molar-refractivity contribution in [3.63, 3.8) is 0 Å². The van der Waals surface area contributed by atoms with Crippen LogP contribution in [0.2, 0.25) is 5.02 Å². The first-order valence-corrected chi connectivity index (χ1v) is 8.03. The highest BCUT2D eigenvalue weighted by molar-refractivity contribution is 6.32. The van der Waals surface area contributed by atoms with Crippen LogP contribution in [-0.4, -0.2) is 44.3 Å². The molecule has 1 heterocycles. The minimum absolute atomic E-state index is 0.0956. The van der Waals surface area contributed by atoms with Gasteiger partial charge in [0.05, 0.1) is 34.6 Å². The van der Waals surface area contributed by atoms with Gasteiger partial charge in [-0.15, -0.1) is 0 Å². The van der Waals surface area contributed by atoms with Crippen LogP contribution in [0.5, 0.6) is 0 Å². The summed E-state index contributed by atoms with van der Waals surface area (Å²) in [5.74, 6) is -1.17. The zero-order valence-electron chi connectivity index (χ0n) is 13.9. The third kappa shape index (κ3) is 3.76. The minimum atomic E-state index is -0.933. The van der Waals surface area contributed by atoms with E-state index in [1.54, 1.807) is 17.7 Å². The van der Waals surface area contributed by atoms with Crippen LogP contribution in [-0.2, 0) is 4.79 Å². The molecule has 0 atom stereocenters. The van der Waals surface area contributed by atoms with E-state index in [4.69, 9.17) is 16.7 Å². The lowest BCUT2D eigenvalue weighted by molar-refractivity contribution is -0.137. The van der Waals surface area contributed by atoms with Crippen LogP contribution in [0.1, 0.15) is 36.3 Å². The van der Waals surface area contributed by atoms with E-state index in [9.17, 15) is 9.59 Å². The van der Waals surface area contributed by atoms with Crippen LogP contribution >= 0.6 is 11.6 Å². The number of para-hydroxylation sites is 1. The number of aliphatic carboxylic acids is 1. The summed E-state index contributed by atoms with van der Waals surface area (Å²) in [6.07, 6.45) is 1.40. The van der Waals surface area contributed by atoms with Crippen LogP contribution < -0.4 is 0 Å². The highest BCUT2D eigenvalue weighted by atomic mass is 35.5. The number of rotatable bonds is 6. The number of benzene rings is 1. The first-order valence-electron chi connectivity index (χ1n) is 7.65. The molecule has 128 valence electrons. The lowest BCUT2D eigenvalue weighted by atomic mass is 10.2. The summed E-state index contributed by atoms with van der Waals surface area (Å²) in [4.78, 5) is 25.1. The molecule has 0 aliphatic carbocycles. The fourth-order valence-corrected chi connectivity index (χ4v) is 2.67. The zero-order valence-corrected chi connectivity index (χ0v) is 14.6. The first kappa shape index (κ1) is 18.0. The van der Waals surface area contributed by atoms with E-state index in [0.29, 0.717) is 22.0 Å². The Kier molecular flexibility index (Phi) is 5.62. The van der Waals surface area contributed by atoms with Crippen molar-refractivity contribution in [2.24, 2.45) is 0 Å². The van der Waals surface area contributed by atoms with E-state index in [1.165, 1.54) is 11.1 Å². The van der Waals surface area contributed by atoms with Crippen molar-refractivity contribution in [1.82, 2.24) is 14.7 Å². The normalized spacial score (nSPS) is 10.9. The molecule has 0 spiro atoms. The highest BCUT2D eigenvalue weighted by Gasteiger charge is 2.24. The van der Waals surface area contributed by atoms with Gasteiger partial charge in [0.2, 0.25) is 0 Å². The van der Waals surface area contributed by atoms with Crippen molar-refractivity contribution in [2.45, 2.75) is 33.2 Å². The van der Waals surface area contributed by atoms with Gasteiger partial charge in [-0.2, -0.15) is 5.10 Å². The van der Waals surface area contributed by atoms with E-state index in [0.717, 1.165) is 0 Å². The Morgan fingerprint density at radius 2 is 2.00 bits per heavy atom. The van der Waals surface area contributed by atoms with Crippen molar-refractivity contribution in [2.75, 3.05) is 6.54 Å². The van der Waals surface area contributed by atoms with Crippen molar-refractivity contribution in [1.29, 1.82) is 0 Å². The molecule has 2 rings (SSSR count). The highest BCUT2D eigenvalue weighted by Crippen LogP contribution is 2.23. The topological polar surface area (TPSA) is 75.4 Å². The standard InChI is InChI=1S/C17H20ClN3O3/c1-11(2)20(9-8-16(22)23)17(24)13-10-19-21(12(13)3)15-7-5-4-6-14(15)18/h4-7,10-11H,8-9H2,1-3H3,(H,22,23). The maximum Gasteiger partial charge on any atom is 0.305 e. The smallest absolute Gasteiger partial charge is 0.305 e. The van der Waals surface area contributed by atoms with Crippen molar-refractivity contribution < 1.29 is 14.7 Å². The molecule has 7 heteroatoms. The summed E-state index contributed by atoms with van der Waals surface area (Å²) in [5.41, 5.74) is 1.79. The number of nitrogens with zero attached hydrogens (tertiary/aromatic N) is 3. The lowest BCUT2D eigenvalue weighted by Crippen LogP contribution is -2.38. The van der Waals surface area contributed by atoms with E-state index >= 15 is 0 Å². The number of amides is 1. The van der Waals surface area contributed by atoms with Gasteiger partial charge in [0, 0.05) is 12.6 Å². The molecular formula is C17H20ClN3O3. The maximum atomic E-state index is 12.8. The third-order valence-corrected chi connectivity index (χ3v) is 4.09. The van der Waals surface area contributed by atoms with Crippen molar-refractivity contribution in [3.05, 3.63) is 46.7 Å². The molecule has 1 amide bonds. The lowest BCUT2D eigenvalue weighted by Gasteiger charge is -2.26. The Bertz CT molecular complexity index is 755. The van der Waals surface area contributed by atoms with Crippen LogP contribution in [0.25, 0.3) is 5.69 Å². The Morgan fingerprint density at radius 3 is 2.58 bits per heavy atom. The number of carboxylic acid groups (broad SMARTS) is 1. The molecule has 1 aromatic heterocycles. The van der Waals surface area contributed by atoms with E-state index in [2.05, 4.69) is 5.10 Å². The molecule has 0 fully saturated rings. The fraction of sp³-hybridized carbons (Fsp3) is 0.353. The molecule has 1 N–H and O–H groups in total. The molecule has 0 unspecified atom stereocenters. The van der Waals surface area contributed by atoms with Gasteiger partial charge >= 0.3 is 5.97 Å². The number of carbonyl (C=O) groups excluding carboxylic acids is 1. The fourth-order valence-electron chi connectivity index (χ4n) is 2.45. The van der Waals surface area contributed by atoms with Gasteiger partial charge in [0.1, 0.15) is 0 Å². The monoisotopic (exact) mass is 349 g/mol. The molecule has 0 aliphatic heterocycles. The molecule has 0 saturated heterocycles. The van der Waals surface area contributed by atoms with Gasteiger partial charge in [-0.05, 0) is 32.9 Å². The SMILES string of the molecule is Cc1c(C(=O)N(CCC(=O)O)C(C)C)cnn1-c1ccccc1Cl. The number of hydrogen-bond acceptors (Lipinski definition) is 3. The third-order valence-electron chi connectivity index (χ3n) is 3.77. The minimum Gasteiger partial charge on any atom is -0.481 e. The summed E-state index contributed by atoms with van der Waals surface area (Å²) in [5, 5.41) is 13.7. The molecular weight excluding hydrogens is 330 g/mol. The number of halogens is 1. The second kappa shape index (κ2) is 7.49. The van der Waals surface area contributed by atoms with Crippen LogP contribution in [0.4, 0.5) is 0 Å². The van der Waals surface area contributed by atoms with Crippen LogP contribution in [0.15, 0.2) is 30.5 Å². The molecule has 0 saturated carbocycles. The van der Waals surface area contributed by atoms with Gasteiger partial charge < -0.3 is 10.0 Å². The van der Waals surface area contributed by atoms with Gasteiger partial charge in [0.25, 0.3) is 5.91 Å². The van der Waals surface area contributed by atoms with Crippen LogP contribution in [0.3, 0.4) is 0 Å². The van der Waals surface area contributed by atoms with Gasteiger partial charge in [-0.1, -0.05) is 23.7 Å².